The molecule has 8 heteroatoms. The minimum absolute atomic E-state index is 0.0202. The minimum atomic E-state index is -0.273. The second-order valence-electron chi connectivity index (χ2n) is 7.93. The zero-order valence-electron chi connectivity index (χ0n) is 17.9. The van der Waals surface area contributed by atoms with Crippen LogP contribution in [0, 0.1) is 5.82 Å². The van der Waals surface area contributed by atoms with E-state index in [1.54, 1.807) is 20.3 Å². The van der Waals surface area contributed by atoms with Crippen molar-refractivity contribution in [3.8, 4) is 11.5 Å². The Hall–Kier alpha value is -2.68. The summed E-state index contributed by atoms with van der Waals surface area (Å²) < 4.78 is 24.4. The van der Waals surface area contributed by atoms with Crippen LogP contribution >= 0.6 is 0 Å². The first kappa shape index (κ1) is 21.5. The quantitative estimate of drug-likeness (QED) is 0.735. The average Bonchev–Trinajstić information content (AvgIpc) is 3.29. The Morgan fingerprint density at radius 1 is 1.03 bits per heavy atom. The van der Waals surface area contributed by atoms with Crippen molar-refractivity contribution in [1.82, 2.24) is 20.7 Å². The zero-order valence-corrected chi connectivity index (χ0v) is 17.9. The molecule has 2 atom stereocenters. The lowest BCUT2D eigenvalue weighted by Gasteiger charge is -2.36. The summed E-state index contributed by atoms with van der Waals surface area (Å²) in [5.74, 6) is 1.33. The number of nitrogens with zero attached hydrogens (tertiary/aromatic N) is 2. The van der Waals surface area contributed by atoms with Gasteiger partial charge in [-0.3, -0.25) is 9.69 Å². The van der Waals surface area contributed by atoms with Crippen LogP contribution in [0.4, 0.5) is 4.39 Å². The standard InChI is InChI=1S/C23H29FN4O3/c1-30-21-8-7-17(24)13-16(21)15-27-9-11-28(12-10-27)23(29)20-14-19(25-26-20)18-5-3-4-6-22(18)31-2/h3-8,13,19-20,25-26H,9-12,14-15H2,1-2H3. The minimum Gasteiger partial charge on any atom is -0.496 e. The Bertz CT molecular complexity index is 917. The lowest BCUT2D eigenvalue weighted by Crippen LogP contribution is -2.53. The summed E-state index contributed by atoms with van der Waals surface area (Å²) in [6.45, 7) is 3.37. The van der Waals surface area contributed by atoms with E-state index in [-0.39, 0.29) is 23.8 Å². The van der Waals surface area contributed by atoms with Gasteiger partial charge < -0.3 is 14.4 Å². The number of nitrogens with one attached hydrogen (secondary N) is 2. The van der Waals surface area contributed by atoms with Gasteiger partial charge in [-0.1, -0.05) is 18.2 Å². The number of carbonyl (C=O) groups excluding carboxylic acids is 1. The summed E-state index contributed by atoms with van der Waals surface area (Å²) in [6.07, 6.45) is 0.667. The van der Waals surface area contributed by atoms with E-state index in [0.717, 1.165) is 30.0 Å². The maximum atomic E-state index is 13.6. The molecule has 2 heterocycles. The molecule has 0 aliphatic carbocycles. The van der Waals surface area contributed by atoms with E-state index in [2.05, 4.69) is 15.8 Å². The van der Waals surface area contributed by atoms with Crippen LogP contribution in [-0.4, -0.2) is 62.1 Å². The first-order chi connectivity index (χ1) is 15.1. The third kappa shape index (κ3) is 4.81. The number of methoxy groups -OCH3 is 2. The molecule has 2 fully saturated rings. The Morgan fingerprint density at radius 3 is 2.52 bits per heavy atom. The monoisotopic (exact) mass is 428 g/mol. The van der Waals surface area contributed by atoms with Crippen molar-refractivity contribution in [3.63, 3.8) is 0 Å². The van der Waals surface area contributed by atoms with Crippen molar-refractivity contribution < 1.29 is 18.7 Å². The van der Waals surface area contributed by atoms with E-state index < -0.39 is 0 Å². The lowest BCUT2D eigenvalue weighted by atomic mass is 10.0. The van der Waals surface area contributed by atoms with Crippen molar-refractivity contribution in [2.45, 2.75) is 25.0 Å². The fourth-order valence-corrected chi connectivity index (χ4v) is 4.33. The summed E-state index contributed by atoms with van der Waals surface area (Å²) >= 11 is 0. The summed E-state index contributed by atoms with van der Waals surface area (Å²) in [6, 6.07) is 12.2. The molecule has 0 aromatic heterocycles. The predicted octanol–water partition coefficient (Wildman–Crippen LogP) is 2.09. The number of benzene rings is 2. The van der Waals surface area contributed by atoms with E-state index in [0.29, 0.717) is 31.8 Å². The summed E-state index contributed by atoms with van der Waals surface area (Å²) in [5.41, 5.74) is 8.26. The second-order valence-corrected chi connectivity index (χ2v) is 7.93. The Kier molecular flexibility index (Phi) is 6.70. The summed E-state index contributed by atoms with van der Waals surface area (Å²) in [5, 5.41) is 0. The molecule has 4 rings (SSSR count). The van der Waals surface area contributed by atoms with Crippen molar-refractivity contribution >= 4 is 5.91 Å². The number of carbonyl (C=O) groups is 1. The van der Waals surface area contributed by atoms with Crippen molar-refractivity contribution in [1.29, 1.82) is 0 Å². The molecule has 0 spiro atoms. The number of halogens is 1. The third-order valence-electron chi connectivity index (χ3n) is 6.04. The van der Waals surface area contributed by atoms with Gasteiger partial charge in [-0.2, -0.15) is 0 Å². The highest BCUT2D eigenvalue weighted by Crippen LogP contribution is 2.30. The number of rotatable bonds is 6. The smallest absolute Gasteiger partial charge is 0.241 e. The van der Waals surface area contributed by atoms with Crippen LogP contribution in [0.15, 0.2) is 42.5 Å². The van der Waals surface area contributed by atoms with E-state index in [9.17, 15) is 9.18 Å². The summed E-state index contributed by atoms with van der Waals surface area (Å²) in [4.78, 5) is 17.2. The Labute approximate surface area is 182 Å². The molecular weight excluding hydrogens is 399 g/mol. The number of piperazine rings is 1. The normalized spacial score (nSPS) is 21.8. The first-order valence-electron chi connectivity index (χ1n) is 10.6. The van der Waals surface area contributed by atoms with Gasteiger partial charge in [0, 0.05) is 43.9 Å². The van der Waals surface area contributed by atoms with Crippen molar-refractivity contribution in [2.75, 3.05) is 40.4 Å². The van der Waals surface area contributed by atoms with Crippen LogP contribution in [0.1, 0.15) is 23.6 Å². The highest BCUT2D eigenvalue weighted by Gasteiger charge is 2.35. The molecule has 2 aromatic rings. The molecule has 31 heavy (non-hydrogen) atoms. The van der Waals surface area contributed by atoms with Gasteiger partial charge in [0.2, 0.25) is 5.91 Å². The molecule has 0 bridgehead atoms. The van der Waals surface area contributed by atoms with Gasteiger partial charge in [0.25, 0.3) is 0 Å². The molecule has 0 saturated carbocycles. The fraction of sp³-hybridized carbons (Fsp3) is 0.435. The molecule has 1 amide bonds. The predicted molar refractivity (Wildman–Crippen MR) is 115 cm³/mol. The largest absolute Gasteiger partial charge is 0.496 e. The maximum absolute atomic E-state index is 13.6. The van der Waals surface area contributed by atoms with Gasteiger partial charge in [-0.15, -0.1) is 0 Å². The van der Waals surface area contributed by atoms with Gasteiger partial charge in [-0.25, -0.2) is 15.2 Å². The second kappa shape index (κ2) is 9.64. The zero-order chi connectivity index (χ0) is 21.8. The van der Waals surface area contributed by atoms with Crippen LogP contribution in [0.2, 0.25) is 0 Å². The molecular formula is C23H29FN4O3. The number of amides is 1. The summed E-state index contributed by atoms with van der Waals surface area (Å²) in [7, 11) is 3.25. The highest BCUT2D eigenvalue weighted by molar-refractivity contribution is 5.82. The maximum Gasteiger partial charge on any atom is 0.241 e. The van der Waals surface area contributed by atoms with Gasteiger partial charge >= 0.3 is 0 Å². The van der Waals surface area contributed by atoms with E-state index >= 15 is 0 Å². The number of hydrogen-bond acceptors (Lipinski definition) is 6. The fourth-order valence-electron chi connectivity index (χ4n) is 4.33. The lowest BCUT2D eigenvalue weighted by molar-refractivity contribution is -0.135. The molecule has 2 aliphatic heterocycles. The van der Waals surface area contributed by atoms with Crippen LogP contribution in [-0.2, 0) is 11.3 Å². The van der Waals surface area contributed by atoms with E-state index in [4.69, 9.17) is 9.47 Å². The van der Waals surface area contributed by atoms with Crippen LogP contribution in [0.3, 0.4) is 0 Å². The number of hydrogen-bond donors (Lipinski definition) is 2. The molecule has 166 valence electrons. The Balaban J connectivity index is 1.31. The van der Waals surface area contributed by atoms with Crippen molar-refractivity contribution in [3.05, 3.63) is 59.4 Å². The third-order valence-corrected chi connectivity index (χ3v) is 6.04. The average molecular weight is 429 g/mol. The van der Waals surface area contributed by atoms with Gasteiger partial charge in [0.05, 0.1) is 20.3 Å². The van der Waals surface area contributed by atoms with Crippen LogP contribution < -0.4 is 20.3 Å². The van der Waals surface area contributed by atoms with Gasteiger partial charge in [0.1, 0.15) is 23.4 Å². The van der Waals surface area contributed by atoms with E-state index in [1.165, 1.54) is 12.1 Å². The molecule has 2 N–H and O–H groups in total. The number of hydrazine groups is 1. The highest BCUT2D eigenvalue weighted by atomic mass is 19.1. The molecule has 2 aliphatic rings. The van der Waals surface area contributed by atoms with Crippen molar-refractivity contribution in [2.24, 2.45) is 0 Å². The number of para-hydroxylation sites is 1. The Morgan fingerprint density at radius 2 is 1.77 bits per heavy atom. The van der Waals surface area contributed by atoms with E-state index in [1.807, 2.05) is 29.2 Å². The molecule has 2 unspecified atom stereocenters. The SMILES string of the molecule is COc1ccc(F)cc1CN1CCN(C(=O)C2CC(c3ccccc3OC)NN2)CC1. The molecule has 2 saturated heterocycles. The van der Waals surface area contributed by atoms with Gasteiger partial charge in [0.15, 0.2) is 0 Å². The first-order valence-corrected chi connectivity index (χ1v) is 10.6. The molecule has 7 nitrogen and oxygen atoms in total. The number of ether oxygens (including phenoxy) is 2. The topological polar surface area (TPSA) is 66.1 Å². The molecule has 2 aromatic carbocycles. The van der Waals surface area contributed by atoms with Crippen LogP contribution in [0.25, 0.3) is 0 Å². The van der Waals surface area contributed by atoms with Gasteiger partial charge in [-0.05, 0) is 30.7 Å². The molecule has 0 radical (unpaired) electrons. The van der Waals surface area contributed by atoms with Crippen LogP contribution in [0.5, 0.6) is 11.5 Å².